The van der Waals surface area contributed by atoms with Gasteiger partial charge in [-0.15, -0.1) is 0 Å². The van der Waals surface area contributed by atoms with Gasteiger partial charge in [0.15, 0.2) is 0 Å². The second-order valence-corrected chi connectivity index (χ2v) is 8.64. The van der Waals surface area contributed by atoms with Crippen LogP contribution in [0.15, 0.2) is 78.4 Å². The molecule has 5 rings (SSSR count). The fourth-order valence-electron chi connectivity index (χ4n) is 4.71. The molecule has 1 amide bonds. The molecule has 2 aliphatic heterocycles. The van der Waals surface area contributed by atoms with Gasteiger partial charge < -0.3 is 19.5 Å². The zero-order valence-corrected chi connectivity index (χ0v) is 19.0. The van der Waals surface area contributed by atoms with Gasteiger partial charge in [0, 0.05) is 18.5 Å². The van der Waals surface area contributed by atoms with E-state index in [1.54, 1.807) is 31.4 Å². The molecule has 0 aliphatic carbocycles. The van der Waals surface area contributed by atoms with E-state index in [1.807, 2.05) is 55.5 Å². The third kappa shape index (κ3) is 3.81. The molecular weight excluding hydrogens is 430 g/mol. The molecule has 0 aromatic heterocycles. The molecule has 1 N–H and O–H groups in total. The van der Waals surface area contributed by atoms with Crippen LogP contribution in [0.2, 0.25) is 0 Å². The molecule has 0 bridgehead atoms. The Morgan fingerprint density at radius 1 is 1.06 bits per heavy atom. The maximum absolute atomic E-state index is 13.3. The summed E-state index contributed by atoms with van der Waals surface area (Å²) in [7, 11) is 1.56. The Kier molecular flexibility index (Phi) is 5.57. The first-order valence-corrected chi connectivity index (χ1v) is 11.2. The Hall–Kier alpha value is -4.06. The molecule has 2 heterocycles. The number of rotatable bonds is 5. The first-order chi connectivity index (χ1) is 16.5. The fraction of sp³-hybridized carbons (Fsp3) is 0.214. The van der Waals surface area contributed by atoms with Crippen molar-refractivity contribution in [2.24, 2.45) is 0 Å². The lowest BCUT2D eigenvalue weighted by atomic mass is 9.94. The van der Waals surface area contributed by atoms with Crippen LogP contribution in [0, 0.1) is 0 Å². The second kappa shape index (κ2) is 8.71. The quantitative estimate of drug-likeness (QED) is 0.345. The largest absolute Gasteiger partial charge is 0.507 e. The average molecular weight is 456 g/mol. The smallest absolute Gasteiger partial charge is 0.295 e. The molecule has 0 unspecified atom stereocenters. The molecule has 2 aliphatic rings. The molecule has 0 radical (unpaired) electrons. The predicted octanol–water partition coefficient (Wildman–Crippen LogP) is 4.64. The molecule has 6 nitrogen and oxygen atoms in total. The van der Waals surface area contributed by atoms with Crippen LogP contribution in [-0.2, 0) is 22.6 Å². The van der Waals surface area contributed by atoms with Crippen molar-refractivity contribution in [3.05, 3.63) is 101 Å². The molecule has 2 atom stereocenters. The lowest BCUT2D eigenvalue weighted by molar-refractivity contribution is -0.140. The highest BCUT2D eigenvalue weighted by Crippen LogP contribution is 2.42. The van der Waals surface area contributed by atoms with Gasteiger partial charge in [-0.25, -0.2) is 0 Å². The molecule has 3 aromatic rings. The van der Waals surface area contributed by atoms with Gasteiger partial charge >= 0.3 is 0 Å². The number of nitrogens with zero attached hydrogens (tertiary/aromatic N) is 1. The topological polar surface area (TPSA) is 76.1 Å². The summed E-state index contributed by atoms with van der Waals surface area (Å²) in [5, 5.41) is 11.4. The number of Topliss-reactive ketones (excluding diaryl/α,β-unsaturated/α-hetero) is 1. The minimum atomic E-state index is -0.751. The van der Waals surface area contributed by atoms with Crippen LogP contribution >= 0.6 is 0 Å². The number of carbonyl (C=O) groups is 2. The Morgan fingerprint density at radius 2 is 1.85 bits per heavy atom. The number of hydrogen-bond acceptors (Lipinski definition) is 5. The molecule has 0 saturated carbocycles. The van der Waals surface area contributed by atoms with Crippen molar-refractivity contribution in [3.63, 3.8) is 0 Å². The number of amides is 1. The van der Waals surface area contributed by atoms with Crippen LogP contribution in [0.5, 0.6) is 11.5 Å². The number of fused-ring (bicyclic) bond motifs is 1. The minimum absolute atomic E-state index is 0.0561. The Bertz CT molecular complexity index is 1300. The Balaban J connectivity index is 1.64. The number of carbonyl (C=O) groups excluding carboxylic acids is 2. The van der Waals surface area contributed by atoms with E-state index in [0.717, 1.165) is 23.3 Å². The van der Waals surface area contributed by atoms with E-state index in [1.165, 1.54) is 4.90 Å². The molecule has 172 valence electrons. The first kappa shape index (κ1) is 21.8. The van der Waals surface area contributed by atoms with Gasteiger partial charge in [-0.1, -0.05) is 42.5 Å². The lowest BCUT2D eigenvalue weighted by Gasteiger charge is -2.25. The molecule has 1 saturated heterocycles. The maximum Gasteiger partial charge on any atom is 0.295 e. The van der Waals surface area contributed by atoms with Crippen molar-refractivity contribution in [1.29, 1.82) is 0 Å². The SMILES string of the molecule is COc1cccc([C@H]2C(=C(O)c3ccc4c(c3)C[C@H](C)O4)C(=O)C(=O)N2Cc2ccccc2)c1. The first-order valence-electron chi connectivity index (χ1n) is 11.2. The lowest BCUT2D eigenvalue weighted by Crippen LogP contribution is -2.29. The number of ketones is 1. The van der Waals surface area contributed by atoms with Gasteiger partial charge in [0.2, 0.25) is 0 Å². The second-order valence-electron chi connectivity index (χ2n) is 8.64. The van der Waals surface area contributed by atoms with Gasteiger partial charge in [0.25, 0.3) is 11.7 Å². The van der Waals surface area contributed by atoms with E-state index < -0.39 is 17.7 Å². The Morgan fingerprint density at radius 3 is 2.62 bits per heavy atom. The highest BCUT2D eigenvalue weighted by Gasteiger charge is 2.46. The number of methoxy groups -OCH3 is 1. The van der Waals surface area contributed by atoms with Crippen molar-refractivity contribution in [2.75, 3.05) is 7.11 Å². The summed E-state index contributed by atoms with van der Waals surface area (Å²) in [5.41, 5.74) is 3.10. The van der Waals surface area contributed by atoms with Gasteiger partial charge in [0.1, 0.15) is 23.4 Å². The predicted molar refractivity (Wildman–Crippen MR) is 128 cm³/mol. The van der Waals surface area contributed by atoms with Gasteiger partial charge in [-0.3, -0.25) is 9.59 Å². The van der Waals surface area contributed by atoms with Gasteiger partial charge in [-0.2, -0.15) is 0 Å². The van der Waals surface area contributed by atoms with Crippen LogP contribution in [0.4, 0.5) is 0 Å². The van der Waals surface area contributed by atoms with Crippen LogP contribution < -0.4 is 9.47 Å². The number of hydrogen-bond donors (Lipinski definition) is 1. The highest BCUT2D eigenvalue weighted by molar-refractivity contribution is 6.46. The molecule has 1 fully saturated rings. The van der Waals surface area contributed by atoms with Crippen molar-refractivity contribution < 1.29 is 24.2 Å². The van der Waals surface area contributed by atoms with Crippen molar-refractivity contribution >= 4 is 17.4 Å². The fourth-order valence-corrected chi connectivity index (χ4v) is 4.71. The van der Waals surface area contributed by atoms with Crippen LogP contribution in [-0.4, -0.2) is 34.9 Å². The van der Waals surface area contributed by atoms with Crippen molar-refractivity contribution in [3.8, 4) is 11.5 Å². The molecular formula is C28H25NO5. The minimum Gasteiger partial charge on any atom is -0.507 e. The van der Waals surface area contributed by atoms with Crippen molar-refractivity contribution in [1.82, 2.24) is 4.90 Å². The zero-order valence-electron chi connectivity index (χ0n) is 19.0. The van der Waals surface area contributed by atoms with E-state index in [9.17, 15) is 14.7 Å². The number of likely N-dealkylation sites (tertiary alicyclic amines) is 1. The van der Waals surface area contributed by atoms with E-state index in [-0.39, 0.29) is 24.0 Å². The van der Waals surface area contributed by atoms with Gasteiger partial charge in [0.05, 0.1) is 18.7 Å². The summed E-state index contributed by atoms with van der Waals surface area (Å²) in [4.78, 5) is 28.0. The summed E-state index contributed by atoms with van der Waals surface area (Å²) in [6.45, 7) is 2.22. The number of benzene rings is 3. The van der Waals surface area contributed by atoms with Crippen LogP contribution in [0.3, 0.4) is 0 Å². The average Bonchev–Trinajstić information content (AvgIpc) is 3.35. The highest BCUT2D eigenvalue weighted by atomic mass is 16.5. The molecule has 0 spiro atoms. The zero-order chi connectivity index (χ0) is 23.8. The number of ether oxygens (including phenoxy) is 2. The summed E-state index contributed by atoms with van der Waals surface area (Å²) in [6.07, 6.45) is 0.776. The van der Waals surface area contributed by atoms with E-state index in [2.05, 4.69) is 0 Å². The maximum atomic E-state index is 13.3. The van der Waals surface area contributed by atoms with Gasteiger partial charge in [-0.05, 0) is 53.9 Å². The molecule has 3 aromatic carbocycles. The molecule has 34 heavy (non-hydrogen) atoms. The summed E-state index contributed by atoms with van der Waals surface area (Å²) >= 11 is 0. The standard InChI is InChI=1S/C28H25NO5/c1-17-13-21-14-20(11-12-23(21)34-17)26(30)24-25(19-9-6-10-22(15-19)33-2)29(28(32)27(24)31)16-18-7-4-3-5-8-18/h3-12,14-15,17,25,30H,13,16H2,1-2H3/t17-,25-/m0/s1. The van der Waals surface area contributed by atoms with E-state index in [4.69, 9.17) is 9.47 Å². The van der Waals surface area contributed by atoms with Crippen LogP contribution in [0.1, 0.15) is 35.2 Å². The monoisotopic (exact) mass is 455 g/mol. The summed E-state index contributed by atoms with van der Waals surface area (Å²) in [5.74, 6) is -0.156. The number of aliphatic hydroxyl groups excluding tert-OH is 1. The Labute approximate surface area is 198 Å². The molecule has 6 heteroatoms. The van der Waals surface area contributed by atoms with Crippen molar-refractivity contribution in [2.45, 2.75) is 32.0 Å². The van der Waals surface area contributed by atoms with E-state index >= 15 is 0 Å². The summed E-state index contributed by atoms with van der Waals surface area (Å²) < 4.78 is 11.1. The summed E-state index contributed by atoms with van der Waals surface area (Å²) in [6, 6.07) is 21.3. The third-order valence-electron chi connectivity index (χ3n) is 6.31. The number of aliphatic hydroxyl groups is 1. The normalized spacial score (nSPS) is 20.8. The van der Waals surface area contributed by atoms with E-state index in [0.29, 0.717) is 16.9 Å². The van der Waals surface area contributed by atoms with Crippen LogP contribution in [0.25, 0.3) is 5.76 Å². The third-order valence-corrected chi connectivity index (χ3v) is 6.31.